The standard InChI is InChI=1S/C46H60O4/c1-3-5-7-9-11-13-15-17-35-49-43-31-23-39(24-32-43)46(45(37-19-27-41(47)28-20-37)38-21-29-42(48)30-22-38)40-25-33-44(34-26-40)50-36-18-16-14-12-10-8-6-4-2/h19-34,47-48H,3-18,35-36H2,1-2H3. The van der Waals surface area contributed by atoms with E-state index in [9.17, 15) is 10.2 Å². The summed E-state index contributed by atoms with van der Waals surface area (Å²) in [6.07, 6.45) is 20.4. The highest BCUT2D eigenvalue weighted by atomic mass is 16.5. The van der Waals surface area contributed by atoms with Crippen molar-refractivity contribution in [1.29, 1.82) is 0 Å². The summed E-state index contributed by atoms with van der Waals surface area (Å²) >= 11 is 0. The summed E-state index contributed by atoms with van der Waals surface area (Å²) in [6, 6.07) is 31.4. The van der Waals surface area contributed by atoms with Crippen LogP contribution in [0.3, 0.4) is 0 Å². The number of hydrogen-bond donors (Lipinski definition) is 2. The van der Waals surface area contributed by atoms with Crippen molar-refractivity contribution < 1.29 is 19.7 Å². The zero-order valence-corrected chi connectivity index (χ0v) is 30.7. The van der Waals surface area contributed by atoms with E-state index in [1.54, 1.807) is 24.3 Å². The van der Waals surface area contributed by atoms with E-state index in [1.165, 1.54) is 89.9 Å². The molecule has 0 atom stereocenters. The van der Waals surface area contributed by atoms with Gasteiger partial charge in [0.1, 0.15) is 23.0 Å². The number of phenols is 2. The van der Waals surface area contributed by atoms with E-state index in [2.05, 4.69) is 62.4 Å². The van der Waals surface area contributed by atoms with E-state index in [-0.39, 0.29) is 11.5 Å². The maximum atomic E-state index is 10.1. The molecule has 0 unspecified atom stereocenters. The second-order valence-electron chi connectivity index (χ2n) is 13.5. The molecule has 0 aliphatic rings. The molecule has 0 aromatic heterocycles. The average Bonchev–Trinajstić information content (AvgIpc) is 3.14. The Labute approximate surface area is 302 Å². The van der Waals surface area contributed by atoms with Gasteiger partial charge in [0.25, 0.3) is 0 Å². The first-order valence-electron chi connectivity index (χ1n) is 19.4. The SMILES string of the molecule is CCCCCCCCCCOc1ccc(C(=C(c2ccc(O)cc2)c2ccc(O)cc2)c2ccc(OCCCCCCCCCC)cc2)cc1. The van der Waals surface area contributed by atoms with E-state index in [4.69, 9.17) is 9.47 Å². The third-order valence-electron chi connectivity index (χ3n) is 9.38. The molecule has 0 aliphatic carbocycles. The molecule has 0 aliphatic heterocycles. The maximum absolute atomic E-state index is 10.1. The minimum Gasteiger partial charge on any atom is -0.508 e. The highest BCUT2D eigenvalue weighted by molar-refractivity contribution is 6.04. The van der Waals surface area contributed by atoms with Crippen molar-refractivity contribution in [3.63, 3.8) is 0 Å². The minimum atomic E-state index is 0.219. The van der Waals surface area contributed by atoms with Gasteiger partial charge >= 0.3 is 0 Å². The minimum absolute atomic E-state index is 0.219. The van der Waals surface area contributed by atoms with Crippen LogP contribution in [0.15, 0.2) is 97.1 Å². The van der Waals surface area contributed by atoms with Crippen molar-refractivity contribution in [2.45, 2.75) is 117 Å². The van der Waals surface area contributed by atoms with Gasteiger partial charge in [0.05, 0.1) is 13.2 Å². The summed E-state index contributed by atoms with van der Waals surface area (Å²) in [5.41, 5.74) is 6.08. The predicted molar refractivity (Wildman–Crippen MR) is 210 cm³/mol. The molecule has 4 heteroatoms. The molecule has 4 rings (SSSR count). The highest BCUT2D eigenvalue weighted by Crippen LogP contribution is 2.39. The number of hydrogen-bond acceptors (Lipinski definition) is 4. The van der Waals surface area contributed by atoms with Gasteiger partial charge in [0, 0.05) is 0 Å². The van der Waals surface area contributed by atoms with Crippen LogP contribution in [0.4, 0.5) is 0 Å². The Morgan fingerprint density at radius 3 is 0.920 bits per heavy atom. The molecule has 2 N–H and O–H groups in total. The van der Waals surface area contributed by atoms with E-state index in [0.29, 0.717) is 0 Å². The summed E-state index contributed by atoms with van der Waals surface area (Å²) in [4.78, 5) is 0. The predicted octanol–water partition coefficient (Wildman–Crippen LogP) is 13.1. The van der Waals surface area contributed by atoms with Crippen LogP contribution >= 0.6 is 0 Å². The Balaban J connectivity index is 1.52. The first-order valence-corrected chi connectivity index (χ1v) is 19.4. The van der Waals surface area contributed by atoms with Crippen LogP contribution < -0.4 is 9.47 Å². The van der Waals surface area contributed by atoms with E-state index < -0.39 is 0 Å². The molecule has 4 aromatic carbocycles. The number of phenolic OH excluding ortho intramolecular Hbond substituents is 2. The molecule has 0 saturated carbocycles. The molecule has 4 aromatic rings. The largest absolute Gasteiger partial charge is 0.508 e. The van der Waals surface area contributed by atoms with Gasteiger partial charge in [-0.05, 0) is 94.8 Å². The fourth-order valence-electron chi connectivity index (χ4n) is 6.45. The molecule has 0 amide bonds. The Morgan fingerprint density at radius 1 is 0.360 bits per heavy atom. The molecule has 0 fully saturated rings. The lowest BCUT2D eigenvalue weighted by atomic mass is 9.85. The first kappa shape index (κ1) is 38.6. The van der Waals surface area contributed by atoms with Gasteiger partial charge in [0.2, 0.25) is 0 Å². The topological polar surface area (TPSA) is 58.9 Å². The summed E-state index contributed by atoms with van der Waals surface area (Å²) in [6.45, 7) is 5.97. The molecule has 268 valence electrons. The van der Waals surface area contributed by atoms with Crippen LogP contribution in [0.25, 0.3) is 11.1 Å². The molecular weight excluding hydrogens is 617 g/mol. The number of benzene rings is 4. The summed E-state index contributed by atoms with van der Waals surface area (Å²) < 4.78 is 12.3. The monoisotopic (exact) mass is 676 g/mol. The molecule has 0 radical (unpaired) electrons. The Hall–Kier alpha value is -4.18. The van der Waals surface area contributed by atoms with Crippen LogP contribution in [-0.2, 0) is 0 Å². The number of ether oxygens (including phenoxy) is 2. The number of aromatic hydroxyl groups is 2. The van der Waals surface area contributed by atoms with Gasteiger partial charge in [0.15, 0.2) is 0 Å². The maximum Gasteiger partial charge on any atom is 0.119 e. The molecular formula is C46H60O4. The Bertz CT molecular complexity index is 1390. The van der Waals surface area contributed by atoms with Gasteiger partial charge < -0.3 is 19.7 Å². The molecule has 50 heavy (non-hydrogen) atoms. The highest BCUT2D eigenvalue weighted by Gasteiger charge is 2.17. The van der Waals surface area contributed by atoms with E-state index in [0.717, 1.165) is 71.0 Å². The fourth-order valence-corrected chi connectivity index (χ4v) is 6.45. The number of unbranched alkanes of at least 4 members (excludes halogenated alkanes) is 14. The van der Waals surface area contributed by atoms with Crippen molar-refractivity contribution in [2.24, 2.45) is 0 Å². The van der Waals surface area contributed by atoms with Crippen molar-refractivity contribution >= 4 is 11.1 Å². The molecule has 0 heterocycles. The lowest BCUT2D eigenvalue weighted by Crippen LogP contribution is -2.00. The summed E-state index contributed by atoms with van der Waals surface area (Å²) in [7, 11) is 0. The van der Waals surface area contributed by atoms with Gasteiger partial charge in [-0.2, -0.15) is 0 Å². The lowest BCUT2D eigenvalue weighted by Gasteiger charge is -2.19. The van der Waals surface area contributed by atoms with Crippen LogP contribution in [0.5, 0.6) is 23.0 Å². The second kappa shape index (κ2) is 22.5. The van der Waals surface area contributed by atoms with Crippen LogP contribution in [-0.4, -0.2) is 23.4 Å². The second-order valence-corrected chi connectivity index (χ2v) is 13.5. The zero-order valence-electron chi connectivity index (χ0n) is 30.7. The fraction of sp³-hybridized carbons (Fsp3) is 0.435. The third-order valence-corrected chi connectivity index (χ3v) is 9.38. The normalized spacial score (nSPS) is 11.0. The Kier molecular flexibility index (Phi) is 17.4. The van der Waals surface area contributed by atoms with E-state index >= 15 is 0 Å². The molecule has 0 bridgehead atoms. The summed E-state index contributed by atoms with van der Waals surface area (Å²) in [5, 5.41) is 20.3. The van der Waals surface area contributed by atoms with Gasteiger partial charge in [-0.15, -0.1) is 0 Å². The van der Waals surface area contributed by atoms with Gasteiger partial charge in [-0.3, -0.25) is 0 Å². The van der Waals surface area contributed by atoms with Crippen molar-refractivity contribution in [3.8, 4) is 23.0 Å². The van der Waals surface area contributed by atoms with Crippen LogP contribution in [0.1, 0.15) is 139 Å². The number of rotatable bonds is 24. The average molecular weight is 677 g/mol. The first-order chi connectivity index (χ1) is 24.6. The summed E-state index contributed by atoms with van der Waals surface area (Å²) in [5.74, 6) is 2.18. The quantitative estimate of drug-likeness (QED) is 0.0573. The third kappa shape index (κ3) is 13.3. The molecule has 0 saturated heterocycles. The zero-order chi connectivity index (χ0) is 35.2. The molecule has 4 nitrogen and oxygen atoms in total. The van der Waals surface area contributed by atoms with Gasteiger partial charge in [-0.25, -0.2) is 0 Å². The van der Waals surface area contributed by atoms with Crippen LogP contribution in [0, 0.1) is 0 Å². The van der Waals surface area contributed by atoms with E-state index in [1.807, 2.05) is 24.3 Å². The molecule has 0 spiro atoms. The van der Waals surface area contributed by atoms with Crippen molar-refractivity contribution in [2.75, 3.05) is 13.2 Å². The van der Waals surface area contributed by atoms with Crippen molar-refractivity contribution in [1.82, 2.24) is 0 Å². The lowest BCUT2D eigenvalue weighted by molar-refractivity contribution is 0.304. The Morgan fingerprint density at radius 2 is 0.620 bits per heavy atom. The smallest absolute Gasteiger partial charge is 0.119 e. The van der Waals surface area contributed by atoms with Gasteiger partial charge in [-0.1, -0.05) is 152 Å². The van der Waals surface area contributed by atoms with Crippen molar-refractivity contribution in [3.05, 3.63) is 119 Å². The van der Waals surface area contributed by atoms with Crippen LogP contribution in [0.2, 0.25) is 0 Å².